The Morgan fingerprint density at radius 2 is 1.71 bits per heavy atom. The first-order valence-corrected chi connectivity index (χ1v) is 7.23. The van der Waals surface area contributed by atoms with Gasteiger partial charge in [-0.3, -0.25) is 4.79 Å². The Kier molecular flexibility index (Phi) is 4.71. The third-order valence-corrected chi connectivity index (χ3v) is 3.07. The lowest BCUT2D eigenvalue weighted by Gasteiger charge is -2.03. The predicted molar refractivity (Wildman–Crippen MR) is 85.2 cm³/mol. The van der Waals surface area contributed by atoms with Crippen LogP contribution in [0.1, 0.15) is 5.89 Å². The summed E-state index contributed by atoms with van der Waals surface area (Å²) in [5.41, 5.74) is 5.79. The van der Waals surface area contributed by atoms with Gasteiger partial charge in [-0.1, -0.05) is 23.4 Å². The SMILES string of the molecule is NC(=O)COc1ccc(-c2noc(COc3ccccc3)n2)cc1. The van der Waals surface area contributed by atoms with Crippen molar-refractivity contribution in [2.24, 2.45) is 5.73 Å². The Balaban J connectivity index is 1.61. The highest BCUT2D eigenvalue weighted by Gasteiger charge is 2.09. The van der Waals surface area contributed by atoms with Crippen molar-refractivity contribution in [3.8, 4) is 22.9 Å². The van der Waals surface area contributed by atoms with Gasteiger partial charge in [0.25, 0.3) is 11.8 Å². The molecule has 2 N–H and O–H groups in total. The molecule has 0 aliphatic heterocycles. The highest BCUT2D eigenvalue weighted by atomic mass is 16.5. The van der Waals surface area contributed by atoms with Crippen LogP contribution in [-0.2, 0) is 11.4 Å². The number of primary amides is 1. The normalized spacial score (nSPS) is 10.3. The molecule has 1 heterocycles. The van der Waals surface area contributed by atoms with E-state index in [9.17, 15) is 4.79 Å². The number of nitrogens with two attached hydrogens (primary N) is 1. The van der Waals surface area contributed by atoms with E-state index >= 15 is 0 Å². The van der Waals surface area contributed by atoms with Gasteiger partial charge in [0.1, 0.15) is 11.5 Å². The molecule has 122 valence electrons. The first-order valence-electron chi connectivity index (χ1n) is 7.23. The zero-order chi connectivity index (χ0) is 16.8. The third kappa shape index (κ3) is 4.10. The number of nitrogens with zero attached hydrogens (tertiary/aromatic N) is 2. The summed E-state index contributed by atoms with van der Waals surface area (Å²) in [6, 6.07) is 16.3. The van der Waals surface area contributed by atoms with Crippen LogP contribution in [0.2, 0.25) is 0 Å². The van der Waals surface area contributed by atoms with E-state index < -0.39 is 5.91 Å². The van der Waals surface area contributed by atoms with Crippen LogP contribution in [-0.4, -0.2) is 22.7 Å². The molecule has 0 aliphatic rings. The summed E-state index contributed by atoms with van der Waals surface area (Å²) in [5, 5.41) is 3.92. The number of hydrogen-bond donors (Lipinski definition) is 1. The molecule has 24 heavy (non-hydrogen) atoms. The van der Waals surface area contributed by atoms with Crippen molar-refractivity contribution in [2.45, 2.75) is 6.61 Å². The number of carbonyl (C=O) groups excluding carboxylic acids is 1. The van der Waals surface area contributed by atoms with Crippen LogP contribution in [0.15, 0.2) is 59.1 Å². The molecule has 0 radical (unpaired) electrons. The lowest BCUT2D eigenvalue weighted by Crippen LogP contribution is -2.19. The fourth-order valence-corrected chi connectivity index (χ4v) is 1.95. The Morgan fingerprint density at radius 1 is 1.00 bits per heavy atom. The topological polar surface area (TPSA) is 100 Å². The molecule has 0 saturated heterocycles. The molecule has 1 aromatic heterocycles. The fraction of sp³-hybridized carbons (Fsp3) is 0.118. The Labute approximate surface area is 138 Å². The van der Waals surface area contributed by atoms with E-state index in [1.807, 2.05) is 30.3 Å². The maximum Gasteiger partial charge on any atom is 0.264 e. The van der Waals surface area contributed by atoms with Crippen LogP contribution in [0, 0.1) is 0 Å². The molecule has 0 fully saturated rings. The summed E-state index contributed by atoms with van der Waals surface area (Å²) in [7, 11) is 0. The number of hydrogen-bond acceptors (Lipinski definition) is 6. The highest BCUT2D eigenvalue weighted by Crippen LogP contribution is 2.20. The van der Waals surface area contributed by atoms with E-state index in [0.29, 0.717) is 17.5 Å². The van der Waals surface area contributed by atoms with Gasteiger partial charge in [0.05, 0.1) is 0 Å². The lowest BCUT2D eigenvalue weighted by molar-refractivity contribution is -0.119. The smallest absolute Gasteiger partial charge is 0.264 e. The summed E-state index contributed by atoms with van der Waals surface area (Å²) in [6.07, 6.45) is 0. The molecule has 0 saturated carbocycles. The van der Waals surface area contributed by atoms with Crippen molar-refractivity contribution in [3.63, 3.8) is 0 Å². The Hall–Kier alpha value is -3.35. The standard InChI is InChI=1S/C17H15N3O4/c18-15(21)10-22-14-8-6-12(7-9-14)17-19-16(24-20-17)11-23-13-4-2-1-3-5-13/h1-9H,10-11H2,(H2,18,21). The molecule has 2 aromatic carbocycles. The second-order valence-corrected chi connectivity index (χ2v) is 4.89. The van der Waals surface area contributed by atoms with Crippen molar-refractivity contribution < 1.29 is 18.8 Å². The highest BCUT2D eigenvalue weighted by molar-refractivity contribution is 5.75. The van der Waals surface area contributed by atoms with Gasteiger partial charge in [-0.25, -0.2) is 0 Å². The van der Waals surface area contributed by atoms with Crippen molar-refractivity contribution in [3.05, 3.63) is 60.5 Å². The number of para-hydroxylation sites is 1. The van der Waals surface area contributed by atoms with E-state index in [4.69, 9.17) is 19.7 Å². The number of rotatable bonds is 7. The lowest BCUT2D eigenvalue weighted by atomic mass is 10.2. The molecular formula is C17H15N3O4. The van der Waals surface area contributed by atoms with Crippen molar-refractivity contribution in [1.29, 1.82) is 0 Å². The molecule has 0 spiro atoms. The molecule has 3 rings (SSSR count). The summed E-state index contributed by atoms with van der Waals surface area (Å²) < 4.78 is 15.9. The second kappa shape index (κ2) is 7.28. The minimum absolute atomic E-state index is 0.164. The maximum atomic E-state index is 10.7. The molecular weight excluding hydrogens is 310 g/mol. The van der Waals surface area contributed by atoms with E-state index in [1.165, 1.54) is 0 Å². The monoisotopic (exact) mass is 325 g/mol. The van der Waals surface area contributed by atoms with Gasteiger partial charge in [0.2, 0.25) is 5.82 Å². The van der Waals surface area contributed by atoms with Crippen LogP contribution in [0.3, 0.4) is 0 Å². The summed E-state index contributed by atoms with van der Waals surface area (Å²) >= 11 is 0. The largest absolute Gasteiger partial charge is 0.484 e. The van der Waals surface area contributed by atoms with Crippen LogP contribution in [0.4, 0.5) is 0 Å². The number of carbonyl (C=O) groups is 1. The fourth-order valence-electron chi connectivity index (χ4n) is 1.95. The average Bonchev–Trinajstić information content (AvgIpc) is 3.08. The van der Waals surface area contributed by atoms with E-state index in [1.54, 1.807) is 24.3 Å². The zero-order valence-corrected chi connectivity index (χ0v) is 12.7. The van der Waals surface area contributed by atoms with Crippen LogP contribution >= 0.6 is 0 Å². The number of aromatic nitrogens is 2. The molecule has 0 unspecified atom stereocenters. The maximum absolute atomic E-state index is 10.7. The number of ether oxygens (including phenoxy) is 2. The van der Waals surface area contributed by atoms with Gasteiger partial charge in [-0.2, -0.15) is 4.98 Å². The molecule has 0 aliphatic carbocycles. The summed E-state index contributed by atoms with van der Waals surface area (Å²) in [6.45, 7) is 0.0271. The predicted octanol–water partition coefficient (Wildman–Crippen LogP) is 2.18. The summed E-state index contributed by atoms with van der Waals surface area (Å²) in [4.78, 5) is 15.0. The van der Waals surface area contributed by atoms with Gasteiger partial charge in [-0.05, 0) is 36.4 Å². The number of amides is 1. The minimum Gasteiger partial charge on any atom is -0.484 e. The zero-order valence-electron chi connectivity index (χ0n) is 12.7. The molecule has 0 bridgehead atoms. The van der Waals surface area contributed by atoms with Crippen LogP contribution in [0.5, 0.6) is 11.5 Å². The molecule has 7 nitrogen and oxygen atoms in total. The van der Waals surface area contributed by atoms with Crippen molar-refractivity contribution in [1.82, 2.24) is 10.1 Å². The van der Waals surface area contributed by atoms with Gasteiger partial charge in [0, 0.05) is 5.56 Å². The Morgan fingerprint density at radius 3 is 2.42 bits per heavy atom. The van der Waals surface area contributed by atoms with Gasteiger partial charge in [-0.15, -0.1) is 0 Å². The average molecular weight is 325 g/mol. The quantitative estimate of drug-likeness (QED) is 0.714. The Bertz CT molecular complexity index is 800. The third-order valence-electron chi connectivity index (χ3n) is 3.07. The first-order chi connectivity index (χ1) is 11.7. The van der Waals surface area contributed by atoms with Crippen LogP contribution in [0.25, 0.3) is 11.4 Å². The van der Waals surface area contributed by atoms with Crippen LogP contribution < -0.4 is 15.2 Å². The van der Waals surface area contributed by atoms with E-state index in [0.717, 1.165) is 11.3 Å². The van der Waals surface area contributed by atoms with Crippen molar-refractivity contribution in [2.75, 3.05) is 6.61 Å². The minimum atomic E-state index is -0.527. The molecule has 7 heteroatoms. The van der Waals surface area contributed by atoms with Gasteiger partial charge in [0.15, 0.2) is 13.2 Å². The molecule has 0 atom stereocenters. The first kappa shape index (κ1) is 15.5. The van der Waals surface area contributed by atoms with Gasteiger partial charge >= 0.3 is 0 Å². The number of benzene rings is 2. The van der Waals surface area contributed by atoms with Crippen molar-refractivity contribution >= 4 is 5.91 Å². The summed E-state index contributed by atoms with van der Waals surface area (Å²) in [5.74, 6) is 1.56. The molecule has 1 amide bonds. The van der Waals surface area contributed by atoms with Gasteiger partial charge < -0.3 is 19.7 Å². The second-order valence-electron chi connectivity index (χ2n) is 4.89. The molecule has 3 aromatic rings. The van der Waals surface area contributed by atoms with E-state index in [2.05, 4.69) is 10.1 Å². The van der Waals surface area contributed by atoms with E-state index in [-0.39, 0.29) is 13.2 Å².